The van der Waals surface area contributed by atoms with Crippen LogP contribution in [0.3, 0.4) is 0 Å². The summed E-state index contributed by atoms with van der Waals surface area (Å²) < 4.78 is 37.7. The van der Waals surface area contributed by atoms with Crippen molar-refractivity contribution in [2.45, 2.75) is 0 Å². The fraction of sp³-hybridized carbons (Fsp3) is 0.278. The Morgan fingerprint density at radius 2 is 1.48 bits per heavy atom. The number of esters is 1. The maximum atomic E-state index is 12.7. The van der Waals surface area contributed by atoms with Crippen LogP contribution in [0.4, 0.5) is 0 Å². The maximum Gasteiger partial charge on any atom is 0.344 e. The molecule has 1 heterocycles. The van der Waals surface area contributed by atoms with Crippen LogP contribution in [0.1, 0.15) is 10.4 Å². The molecule has 1 aliphatic heterocycles. The first-order chi connectivity index (χ1) is 13.0. The summed E-state index contributed by atoms with van der Waals surface area (Å²) in [6, 6.07) is 4.56. The van der Waals surface area contributed by atoms with Gasteiger partial charge in [-0.05, 0) is 22.0 Å². The SMILES string of the molecule is COc1cc(OC(=O)c2cc(OC)c3c(c2Br)OCO3)cc(OC)c1OC. The normalized spacial score (nSPS) is 11.7. The second-order valence-corrected chi connectivity index (χ2v) is 6.05. The second kappa shape index (κ2) is 7.83. The molecule has 0 fully saturated rings. The molecule has 2 aromatic carbocycles. The van der Waals surface area contributed by atoms with Crippen LogP contribution in [0.2, 0.25) is 0 Å². The van der Waals surface area contributed by atoms with Crippen LogP contribution in [0.15, 0.2) is 22.7 Å². The molecule has 0 unspecified atom stereocenters. The first-order valence-electron chi connectivity index (χ1n) is 7.72. The van der Waals surface area contributed by atoms with Gasteiger partial charge in [0.25, 0.3) is 0 Å². The number of carbonyl (C=O) groups excluding carboxylic acids is 1. The molecular formula is C18H17BrO8. The standard InChI is InChI=1S/C18H17BrO8/c1-21-11-5-9(6-12(22-2)15(11)24-4)27-18(20)10-7-13(23-3)16-17(14(10)19)26-8-25-16/h5-7H,8H2,1-4H3. The summed E-state index contributed by atoms with van der Waals surface area (Å²) in [6.07, 6.45) is 0. The van der Waals surface area contributed by atoms with Crippen molar-refractivity contribution in [1.29, 1.82) is 0 Å². The molecule has 0 bridgehead atoms. The average Bonchev–Trinajstić information content (AvgIpc) is 3.18. The third-order valence-electron chi connectivity index (χ3n) is 3.84. The third-order valence-corrected chi connectivity index (χ3v) is 4.62. The van der Waals surface area contributed by atoms with Gasteiger partial charge in [0.15, 0.2) is 23.0 Å². The fourth-order valence-corrected chi connectivity index (χ4v) is 3.16. The van der Waals surface area contributed by atoms with E-state index < -0.39 is 5.97 Å². The Labute approximate surface area is 163 Å². The van der Waals surface area contributed by atoms with Crippen LogP contribution in [-0.2, 0) is 0 Å². The number of hydrogen-bond acceptors (Lipinski definition) is 8. The van der Waals surface area contributed by atoms with E-state index >= 15 is 0 Å². The van der Waals surface area contributed by atoms with Crippen LogP contribution in [-0.4, -0.2) is 41.2 Å². The smallest absolute Gasteiger partial charge is 0.344 e. The highest BCUT2D eigenvalue weighted by atomic mass is 79.9. The number of fused-ring (bicyclic) bond motifs is 1. The zero-order valence-corrected chi connectivity index (χ0v) is 16.7. The Balaban J connectivity index is 1.97. The molecule has 0 aromatic heterocycles. The Hall–Kier alpha value is -2.81. The summed E-state index contributed by atoms with van der Waals surface area (Å²) in [6.45, 7) is 0.0374. The van der Waals surface area contributed by atoms with Gasteiger partial charge in [-0.1, -0.05) is 0 Å². The predicted octanol–water partition coefficient (Wildman–Crippen LogP) is 3.43. The molecule has 2 aromatic rings. The molecule has 0 amide bonds. The third kappa shape index (κ3) is 3.42. The highest BCUT2D eigenvalue weighted by Crippen LogP contribution is 2.48. The zero-order chi connectivity index (χ0) is 19.6. The first-order valence-corrected chi connectivity index (χ1v) is 8.51. The molecule has 0 saturated heterocycles. The van der Waals surface area contributed by atoms with Gasteiger partial charge in [0.05, 0.1) is 38.5 Å². The zero-order valence-electron chi connectivity index (χ0n) is 15.1. The Bertz CT molecular complexity index is 855. The maximum absolute atomic E-state index is 12.7. The molecule has 0 saturated carbocycles. The molecule has 9 heteroatoms. The minimum atomic E-state index is -0.632. The largest absolute Gasteiger partial charge is 0.493 e. The van der Waals surface area contributed by atoms with E-state index in [1.54, 1.807) is 0 Å². The summed E-state index contributed by atoms with van der Waals surface area (Å²) in [5.74, 6) is 1.88. The van der Waals surface area contributed by atoms with Crippen molar-refractivity contribution in [1.82, 2.24) is 0 Å². The molecule has 3 rings (SSSR count). The number of halogens is 1. The van der Waals surface area contributed by atoms with Crippen LogP contribution in [0.5, 0.6) is 40.2 Å². The van der Waals surface area contributed by atoms with Gasteiger partial charge in [-0.25, -0.2) is 4.79 Å². The Kier molecular flexibility index (Phi) is 5.50. The van der Waals surface area contributed by atoms with E-state index in [9.17, 15) is 4.79 Å². The van der Waals surface area contributed by atoms with Crippen molar-refractivity contribution < 1.29 is 38.0 Å². The number of benzene rings is 2. The summed E-state index contributed by atoms with van der Waals surface area (Å²) in [7, 11) is 5.91. The van der Waals surface area contributed by atoms with E-state index in [0.717, 1.165) is 0 Å². The molecule has 8 nitrogen and oxygen atoms in total. The quantitative estimate of drug-likeness (QED) is 0.499. The molecule has 0 spiro atoms. The Morgan fingerprint density at radius 1 is 0.889 bits per heavy atom. The number of hydrogen-bond donors (Lipinski definition) is 0. The topological polar surface area (TPSA) is 81.7 Å². The summed E-state index contributed by atoms with van der Waals surface area (Å²) in [5, 5.41) is 0. The highest BCUT2D eigenvalue weighted by molar-refractivity contribution is 9.10. The van der Waals surface area contributed by atoms with Crippen molar-refractivity contribution in [3.05, 3.63) is 28.2 Å². The van der Waals surface area contributed by atoms with E-state index in [1.807, 2.05) is 0 Å². The highest BCUT2D eigenvalue weighted by Gasteiger charge is 2.28. The lowest BCUT2D eigenvalue weighted by Crippen LogP contribution is -2.10. The monoisotopic (exact) mass is 440 g/mol. The number of methoxy groups -OCH3 is 4. The minimum absolute atomic E-state index is 0.0374. The van der Waals surface area contributed by atoms with Crippen LogP contribution < -0.4 is 33.2 Å². The van der Waals surface area contributed by atoms with E-state index in [0.29, 0.717) is 39.0 Å². The van der Waals surface area contributed by atoms with Gasteiger partial charge in [0.1, 0.15) is 5.75 Å². The molecule has 27 heavy (non-hydrogen) atoms. The van der Waals surface area contributed by atoms with E-state index in [2.05, 4.69) is 15.9 Å². The predicted molar refractivity (Wildman–Crippen MR) is 97.9 cm³/mol. The van der Waals surface area contributed by atoms with Crippen molar-refractivity contribution in [2.75, 3.05) is 35.2 Å². The molecule has 1 aliphatic rings. The van der Waals surface area contributed by atoms with Crippen molar-refractivity contribution in [2.24, 2.45) is 0 Å². The number of carbonyl (C=O) groups is 1. The summed E-state index contributed by atoms with van der Waals surface area (Å²) in [4.78, 5) is 12.7. The summed E-state index contributed by atoms with van der Waals surface area (Å²) >= 11 is 3.36. The van der Waals surface area contributed by atoms with Gasteiger partial charge in [-0.3, -0.25) is 0 Å². The van der Waals surface area contributed by atoms with Crippen LogP contribution in [0, 0.1) is 0 Å². The van der Waals surface area contributed by atoms with E-state index in [-0.39, 0.29) is 18.1 Å². The lowest BCUT2D eigenvalue weighted by Gasteiger charge is -2.15. The van der Waals surface area contributed by atoms with Crippen molar-refractivity contribution in [3.63, 3.8) is 0 Å². The minimum Gasteiger partial charge on any atom is -0.493 e. The lowest BCUT2D eigenvalue weighted by molar-refractivity contribution is 0.0732. The van der Waals surface area contributed by atoms with E-state index in [4.69, 9.17) is 33.2 Å². The molecule has 0 N–H and O–H groups in total. The van der Waals surface area contributed by atoms with Gasteiger partial charge in [0.2, 0.25) is 18.3 Å². The van der Waals surface area contributed by atoms with Crippen LogP contribution in [0.25, 0.3) is 0 Å². The van der Waals surface area contributed by atoms with Gasteiger partial charge in [-0.15, -0.1) is 0 Å². The molecule has 0 radical (unpaired) electrons. The average molecular weight is 441 g/mol. The lowest BCUT2D eigenvalue weighted by atomic mass is 10.2. The molecule has 0 aliphatic carbocycles. The van der Waals surface area contributed by atoms with Crippen LogP contribution >= 0.6 is 15.9 Å². The number of ether oxygens (including phenoxy) is 7. The van der Waals surface area contributed by atoms with Gasteiger partial charge in [0, 0.05) is 12.1 Å². The van der Waals surface area contributed by atoms with Crippen molar-refractivity contribution in [3.8, 4) is 40.2 Å². The number of rotatable bonds is 6. The van der Waals surface area contributed by atoms with Gasteiger partial charge >= 0.3 is 5.97 Å². The first kappa shape index (κ1) is 19.0. The Morgan fingerprint density at radius 3 is 2.04 bits per heavy atom. The second-order valence-electron chi connectivity index (χ2n) is 5.26. The van der Waals surface area contributed by atoms with Gasteiger partial charge in [-0.2, -0.15) is 0 Å². The van der Waals surface area contributed by atoms with Gasteiger partial charge < -0.3 is 33.2 Å². The molecule has 0 atom stereocenters. The van der Waals surface area contributed by atoms with E-state index in [1.165, 1.54) is 46.6 Å². The molecular weight excluding hydrogens is 424 g/mol. The fourth-order valence-electron chi connectivity index (χ4n) is 2.58. The molecule has 144 valence electrons. The summed E-state index contributed by atoms with van der Waals surface area (Å²) in [5.41, 5.74) is 0.213. The van der Waals surface area contributed by atoms with Crippen molar-refractivity contribution >= 4 is 21.9 Å².